The van der Waals surface area contributed by atoms with E-state index in [0.717, 1.165) is 10.9 Å². The number of benzene rings is 2. The summed E-state index contributed by atoms with van der Waals surface area (Å²) in [6, 6.07) is 14.3. The topological polar surface area (TPSA) is 26.3 Å². The predicted octanol–water partition coefficient (Wildman–Crippen LogP) is 4.40. The van der Waals surface area contributed by atoms with Crippen LogP contribution >= 0.6 is 0 Å². The monoisotopic (exact) mass is 284 g/mol. The van der Waals surface area contributed by atoms with Gasteiger partial charge in [0.2, 0.25) is 0 Å². The summed E-state index contributed by atoms with van der Waals surface area (Å²) >= 11 is 0. The molecule has 0 aliphatic carbocycles. The Balaban J connectivity index is 2.28. The molecule has 2 aromatic carbocycles. The van der Waals surface area contributed by atoms with E-state index in [1.54, 1.807) is 0 Å². The van der Waals surface area contributed by atoms with E-state index >= 15 is 0 Å². The van der Waals surface area contributed by atoms with Gasteiger partial charge < -0.3 is 4.74 Å². The summed E-state index contributed by atoms with van der Waals surface area (Å²) < 4.78 is 5.70. The van der Waals surface area contributed by atoms with Crippen molar-refractivity contribution in [2.75, 3.05) is 6.61 Å². The number of ketones is 1. The minimum absolute atomic E-state index is 0.153. The summed E-state index contributed by atoms with van der Waals surface area (Å²) in [6.07, 6.45) is 0.0602. The largest absolute Gasteiger partial charge is 0.370 e. The molecule has 0 amide bonds. The van der Waals surface area contributed by atoms with Gasteiger partial charge in [-0.1, -0.05) is 63.2 Å². The van der Waals surface area contributed by atoms with E-state index in [9.17, 15) is 4.79 Å². The van der Waals surface area contributed by atoms with Crippen molar-refractivity contribution in [2.24, 2.45) is 5.41 Å². The SMILES string of the molecule is CCOC(C(=O)Cc1cccc2ccccc12)C(C)(C)C. The van der Waals surface area contributed by atoms with Crippen LogP contribution in [0.1, 0.15) is 33.3 Å². The van der Waals surface area contributed by atoms with Crippen molar-refractivity contribution in [1.29, 1.82) is 0 Å². The van der Waals surface area contributed by atoms with Gasteiger partial charge in [0.1, 0.15) is 6.10 Å². The zero-order chi connectivity index (χ0) is 15.5. The van der Waals surface area contributed by atoms with Crippen molar-refractivity contribution in [3.8, 4) is 0 Å². The second kappa shape index (κ2) is 6.40. The Labute approximate surface area is 127 Å². The Morgan fingerprint density at radius 3 is 2.43 bits per heavy atom. The molecule has 0 saturated heterocycles. The Bertz CT molecular complexity index is 617. The standard InChI is InChI=1S/C19H24O2/c1-5-21-18(19(2,3)4)17(20)13-15-11-8-10-14-9-6-7-12-16(14)15/h6-12,18H,5,13H2,1-4H3. The van der Waals surface area contributed by atoms with Crippen LogP contribution in [-0.2, 0) is 16.0 Å². The molecule has 0 radical (unpaired) electrons. The van der Waals surface area contributed by atoms with Gasteiger partial charge in [-0.2, -0.15) is 0 Å². The summed E-state index contributed by atoms with van der Waals surface area (Å²) in [5, 5.41) is 2.32. The molecule has 2 nitrogen and oxygen atoms in total. The van der Waals surface area contributed by atoms with Gasteiger partial charge >= 0.3 is 0 Å². The Morgan fingerprint density at radius 2 is 1.76 bits per heavy atom. The van der Waals surface area contributed by atoms with Gasteiger partial charge in [0, 0.05) is 13.0 Å². The van der Waals surface area contributed by atoms with Crippen LogP contribution in [0.3, 0.4) is 0 Å². The third-order valence-electron chi connectivity index (χ3n) is 3.66. The van der Waals surface area contributed by atoms with Gasteiger partial charge in [-0.25, -0.2) is 0 Å². The first-order valence-electron chi connectivity index (χ1n) is 7.54. The first kappa shape index (κ1) is 15.7. The van der Waals surface area contributed by atoms with Gasteiger partial charge in [-0.15, -0.1) is 0 Å². The van der Waals surface area contributed by atoms with Crippen molar-refractivity contribution in [2.45, 2.75) is 40.2 Å². The summed E-state index contributed by atoms with van der Waals surface area (Å²) in [6.45, 7) is 8.64. The predicted molar refractivity (Wildman–Crippen MR) is 87.5 cm³/mol. The first-order chi connectivity index (χ1) is 9.93. The lowest BCUT2D eigenvalue weighted by atomic mass is 9.84. The fraction of sp³-hybridized carbons (Fsp3) is 0.421. The molecule has 2 aromatic rings. The highest BCUT2D eigenvalue weighted by atomic mass is 16.5. The average Bonchev–Trinajstić information content (AvgIpc) is 2.44. The zero-order valence-corrected chi connectivity index (χ0v) is 13.3. The quantitative estimate of drug-likeness (QED) is 0.813. The molecular weight excluding hydrogens is 260 g/mol. The lowest BCUT2D eigenvalue weighted by Gasteiger charge is -2.29. The van der Waals surface area contributed by atoms with E-state index in [4.69, 9.17) is 4.74 Å². The highest BCUT2D eigenvalue weighted by Crippen LogP contribution is 2.26. The van der Waals surface area contributed by atoms with Crippen LogP contribution < -0.4 is 0 Å². The van der Waals surface area contributed by atoms with E-state index in [2.05, 4.69) is 18.2 Å². The highest BCUT2D eigenvalue weighted by Gasteiger charge is 2.31. The van der Waals surface area contributed by atoms with Gasteiger partial charge in [0.05, 0.1) is 0 Å². The van der Waals surface area contributed by atoms with E-state index in [0.29, 0.717) is 13.0 Å². The van der Waals surface area contributed by atoms with Crippen LogP contribution in [0.15, 0.2) is 42.5 Å². The molecule has 0 saturated carbocycles. The number of fused-ring (bicyclic) bond motifs is 1. The first-order valence-corrected chi connectivity index (χ1v) is 7.54. The molecule has 0 aromatic heterocycles. The molecule has 0 N–H and O–H groups in total. The van der Waals surface area contributed by atoms with Gasteiger partial charge in [0.25, 0.3) is 0 Å². The van der Waals surface area contributed by atoms with Crippen molar-refractivity contribution >= 4 is 16.6 Å². The molecule has 2 heteroatoms. The molecule has 0 spiro atoms. The smallest absolute Gasteiger partial charge is 0.166 e. The van der Waals surface area contributed by atoms with Crippen LogP contribution in [0.4, 0.5) is 0 Å². The zero-order valence-electron chi connectivity index (χ0n) is 13.3. The number of carbonyl (C=O) groups is 1. The summed E-state index contributed by atoms with van der Waals surface area (Å²) in [4.78, 5) is 12.7. The molecule has 0 fully saturated rings. The molecule has 0 heterocycles. The fourth-order valence-electron chi connectivity index (χ4n) is 2.72. The van der Waals surface area contributed by atoms with Crippen LogP contribution in [0.2, 0.25) is 0 Å². The highest BCUT2D eigenvalue weighted by molar-refractivity contribution is 5.92. The second-order valence-corrected chi connectivity index (χ2v) is 6.48. The van der Waals surface area contributed by atoms with Crippen molar-refractivity contribution in [1.82, 2.24) is 0 Å². The molecule has 21 heavy (non-hydrogen) atoms. The minimum Gasteiger partial charge on any atom is -0.370 e. The van der Waals surface area contributed by atoms with Crippen molar-refractivity contribution in [3.63, 3.8) is 0 Å². The maximum Gasteiger partial charge on any atom is 0.166 e. The Hall–Kier alpha value is -1.67. The molecule has 0 aliphatic heterocycles. The maximum atomic E-state index is 12.7. The number of Topliss-reactive ketones (excluding diaryl/α,β-unsaturated/α-hetero) is 1. The number of ether oxygens (including phenoxy) is 1. The van der Waals surface area contributed by atoms with Crippen LogP contribution in [-0.4, -0.2) is 18.5 Å². The third kappa shape index (κ3) is 3.70. The van der Waals surface area contributed by atoms with Crippen LogP contribution in [0.25, 0.3) is 10.8 Å². The minimum atomic E-state index is -0.360. The van der Waals surface area contributed by atoms with E-state index in [1.165, 1.54) is 5.39 Å². The molecular formula is C19H24O2. The molecule has 1 unspecified atom stereocenters. The lowest BCUT2D eigenvalue weighted by molar-refractivity contribution is -0.136. The van der Waals surface area contributed by atoms with Gasteiger partial charge in [-0.3, -0.25) is 4.79 Å². The van der Waals surface area contributed by atoms with E-state index in [-0.39, 0.29) is 17.3 Å². The normalized spacial score (nSPS) is 13.3. The lowest BCUT2D eigenvalue weighted by Crippen LogP contribution is -2.38. The van der Waals surface area contributed by atoms with E-state index in [1.807, 2.05) is 52.0 Å². The van der Waals surface area contributed by atoms with Crippen molar-refractivity contribution < 1.29 is 9.53 Å². The number of hydrogen-bond donors (Lipinski definition) is 0. The van der Waals surface area contributed by atoms with Gasteiger partial charge in [-0.05, 0) is 28.7 Å². The van der Waals surface area contributed by atoms with E-state index < -0.39 is 0 Å². The summed E-state index contributed by atoms with van der Waals surface area (Å²) in [5.41, 5.74) is 0.893. The van der Waals surface area contributed by atoms with Gasteiger partial charge in [0.15, 0.2) is 5.78 Å². The number of hydrogen-bond acceptors (Lipinski definition) is 2. The molecule has 2 rings (SSSR count). The maximum absolute atomic E-state index is 12.7. The Kier molecular flexibility index (Phi) is 4.79. The number of rotatable bonds is 5. The Morgan fingerprint density at radius 1 is 1.10 bits per heavy atom. The molecule has 0 aliphatic rings. The summed E-state index contributed by atoms with van der Waals surface area (Å²) in [5.74, 6) is 0.153. The number of carbonyl (C=O) groups excluding carboxylic acids is 1. The molecule has 1 atom stereocenters. The summed E-state index contributed by atoms with van der Waals surface area (Å²) in [7, 11) is 0. The molecule has 112 valence electrons. The molecule has 0 bridgehead atoms. The van der Waals surface area contributed by atoms with Crippen LogP contribution in [0.5, 0.6) is 0 Å². The second-order valence-electron chi connectivity index (χ2n) is 6.48. The average molecular weight is 284 g/mol. The third-order valence-corrected chi connectivity index (χ3v) is 3.66. The van der Waals surface area contributed by atoms with Crippen molar-refractivity contribution in [3.05, 3.63) is 48.0 Å². The fourth-order valence-corrected chi connectivity index (χ4v) is 2.72. The van der Waals surface area contributed by atoms with Crippen LogP contribution in [0, 0.1) is 5.41 Å².